The molecule has 1 atom stereocenters. The van der Waals surface area contributed by atoms with Gasteiger partial charge < -0.3 is 10.0 Å². The Balaban J connectivity index is 1.86. The largest absolute Gasteiger partial charge is 0.374 e. The molecule has 5 nitrogen and oxygen atoms in total. The maximum absolute atomic E-state index is 13.0. The summed E-state index contributed by atoms with van der Waals surface area (Å²) in [6, 6.07) is 7.07. The van der Waals surface area contributed by atoms with E-state index in [1.807, 2.05) is 19.9 Å². The van der Waals surface area contributed by atoms with Crippen LogP contribution in [0.25, 0.3) is 0 Å². The zero-order valence-electron chi connectivity index (χ0n) is 13.6. The van der Waals surface area contributed by atoms with Crippen LogP contribution in [-0.2, 0) is 0 Å². The van der Waals surface area contributed by atoms with E-state index in [4.69, 9.17) is 16.9 Å². The van der Waals surface area contributed by atoms with Crippen molar-refractivity contribution in [3.8, 4) is 6.07 Å². The minimum Gasteiger partial charge on any atom is -0.374 e. The van der Waals surface area contributed by atoms with Crippen LogP contribution in [0.3, 0.4) is 0 Å². The van der Waals surface area contributed by atoms with Gasteiger partial charge >= 0.3 is 0 Å². The summed E-state index contributed by atoms with van der Waals surface area (Å²) in [5.41, 5.74) is 0.911. The molecule has 1 aromatic carbocycles. The Kier molecular flexibility index (Phi) is 3.51. The number of Topliss-reactive ketones (excluding diaryl/α,β-unsaturated/α-hetero) is 1. The van der Waals surface area contributed by atoms with Gasteiger partial charge in [0.25, 0.3) is 0 Å². The molecule has 126 valence electrons. The first-order valence-corrected chi connectivity index (χ1v) is 9.00. The second-order valence-corrected chi connectivity index (χ2v) is 7.88. The Morgan fingerprint density at radius 1 is 1.44 bits per heavy atom. The first-order chi connectivity index (χ1) is 11.9. The fourth-order valence-electron chi connectivity index (χ4n) is 3.35. The third-order valence-electron chi connectivity index (χ3n) is 4.88. The van der Waals surface area contributed by atoms with Crippen molar-refractivity contribution < 1.29 is 9.90 Å². The molecule has 2 aliphatic heterocycles. The molecule has 4 rings (SSSR count). The number of amidine groups is 1. The average Bonchev–Trinajstić information content (AvgIpc) is 3.06. The molecule has 3 heterocycles. The van der Waals surface area contributed by atoms with Crippen LogP contribution in [0, 0.1) is 25.2 Å². The Morgan fingerprint density at radius 2 is 2.20 bits per heavy atom. The topological polar surface area (TPSA) is 76.7 Å². The van der Waals surface area contributed by atoms with E-state index >= 15 is 0 Å². The SMILES string of the molecule is Cc1sc2c(c1C)C(=O)[C@]1(O)CCN(c3ccc(C#N)c(Cl)c3)C1=N2. The maximum atomic E-state index is 13.0. The number of carbonyl (C=O) groups excluding carboxylic acids is 1. The highest BCUT2D eigenvalue weighted by Gasteiger charge is 2.53. The molecule has 1 saturated heterocycles. The van der Waals surface area contributed by atoms with Crippen LogP contribution in [0.4, 0.5) is 10.7 Å². The highest BCUT2D eigenvalue weighted by atomic mass is 35.5. The van der Waals surface area contributed by atoms with Gasteiger partial charge in [0.05, 0.1) is 16.1 Å². The number of nitriles is 1. The highest BCUT2D eigenvalue weighted by Crippen LogP contribution is 2.45. The van der Waals surface area contributed by atoms with E-state index in [-0.39, 0.29) is 12.2 Å². The first-order valence-electron chi connectivity index (χ1n) is 7.80. The van der Waals surface area contributed by atoms with Crippen molar-refractivity contribution in [3.63, 3.8) is 0 Å². The molecule has 0 amide bonds. The molecule has 0 spiro atoms. The van der Waals surface area contributed by atoms with E-state index in [1.165, 1.54) is 11.3 Å². The zero-order valence-corrected chi connectivity index (χ0v) is 15.2. The van der Waals surface area contributed by atoms with Crippen molar-refractivity contribution in [2.24, 2.45) is 4.99 Å². The summed E-state index contributed by atoms with van der Waals surface area (Å²) in [6.07, 6.45) is 0.274. The van der Waals surface area contributed by atoms with Gasteiger partial charge in [-0.15, -0.1) is 11.3 Å². The Hall–Kier alpha value is -2.20. The standard InChI is InChI=1S/C18H14ClN3O2S/c1-9-10(2)25-16-14(9)15(23)18(24)5-6-22(17(18)21-16)12-4-3-11(8-20)13(19)7-12/h3-4,7,24H,5-6H2,1-2H3/t18-/m1/s1. The maximum Gasteiger partial charge on any atom is 0.205 e. The van der Waals surface area contributed by atoms with Crippen LogP contribution in [0.5, 0.6) is 0 Å². The summed E-state index contributed by atoms with van der Waals surface area (Å²) in [5, 5.41) is 21.1. The number of thiophene rings is 1. The van der Waals surface area contributed by atoms with Gasteiger partial charge in [-0.05, 0) is 37.6 Å². The van der Waals surface area contributed by atoms with E-state index < -0.39 is 5.60 Å². The summed E-state index contributed by atoms with van der Waals surface area (Å²) < 4.78 is 0. The second-order valence-electron chi connectivity index (χ2n) is 6.27. The molecule has 0 saturated carbocycles. The molecular formula is C18H14ClN3O2S. The van der Waals surface area contributed by atoms with Crippen LogP contribution in [0.15, 0.2) is 23.2 Å². The van der Waals surface area contributed by atoms with Crippen molar-refractivity contribution in [2.45, 2.75) is 25.9 Å². The average molecular weight is 372 g/mol. The fraction of sp³-hybridized carbons (Fsp3) is 0.278. The van der Waals surface area contributed by atoms with Gasteiger partial charge in [-0.2, -0.15) is 5.26 Å². The van der Waals surface area contributed by atoms with Crippen molar-refractivity contribution in [1.29, 1.82) is 5.26 Å². The number of rotatable bonds is 1. The quantitative estimate of drug-likeness (QED) is 0.828. The van der Waals surface area contributed by atoms with Crippen LogP contribution in [0.2, 0.25) is 5.02 Å². The zero-order chi connectivity index (χ0) is 17.9. The van der Waals surface area contributed by atoms with Gasteiger partial charge in [0.1, 0.15) is 11.1 Å². The van der Waals surface area contributed by atoms with Crippen molar-refractivity contribution in [1.82, 2.24) is 0 Å². The highest BCUT2D eigenvalue weighted by molar-refractivity contribution is 7.16. The van der Waals surface area contributed by atoms with Gasteiger partial charge in [0.15, 0.2) is 11.4 Å². The normalized spacial score (nSPS) is 21.6. The monoisotopic (exact) mass is 371 g/mol. The second kappa shape index (κ2) is 5.40. The summed E-state index contributed by atoms with van der Waals surface area (Å²) in [7, 11) is 0. The Labute approximate surface area is 153 Å². The molecule has 0 unspecified atom stereocenters. The van der Waals surface area contributed by atoms with Crippen LogP contribution in [0.1, 0.15) is 32.8 Å². The molecule has 7 heteroatoms. The van der Waals surface area contributed by atoms with Gasteiger partial charge in [-0.3, -0.25) is 4.79 Å². The third-order valence-corrected chi connectivity index (χ3v) is 6.30. The summed E-state index contributed by atoms with van der Waals surface area (Å²) in [6.45, 7) is 4.29. The predicted octanol–water partition coefficient (Wildman–Crippen LogP) is 3.76. The lowest BCUT2D eigenvalue weighted by Crippen LogP contribution is -2.48. The molecule has 0 bridgehead atoms. The van der Waals surface area contributed by atoms with Gasteiger partial charge in [-0.25, -0.2) is 4.99 Å². The van der Waals surface area contributed by atoms with E-state index in [2.05, 4.69) is 4.99 Å². The van der Waals surface area contributed by atoms with Gasteiger partial charge in [0, 0.05) is 23.5 Å². The number of nitrogens with zero attached hydrogens (tertiary/aromatic N) is 3. The molecule has 25 heavy (non-hydrogen) atoms. The summed E-state index contributed by atoms with van der Waals surface area (Å²) in [5.74, 6) is 0.0589. The van der Waals surface area contributed by atoms with E-state index in [0.29, 0.717) is 39.2 Å². The minimum absolute atomic E-state index is 0.274. The van der Waals surface area contributed by atoms with Crippen molar-refractivity contribution in [2.75, 3.05) is 11.4 Å². The molecule has 2 aromatic rings. The molecular weight excluding hydrogens is 358 g/mol. The number of halogens is 1. The molecule has 1 fully saturated rings. The van der Waals surface area contributed by atoms with E-state index in [1.54, 1.807) is 23.1 Å². The van der Waals surface area contributed by atoms with Crippen LogP contribution >= 0.6 is 22.9 Å². The minimum atomic E-state index is -1.61. The van der Waals surface area contributed by atoms with E-state index in [9.17, 15) is 9.90 Å². The number of ketones is 1. The lowest BCUT2D eigenvalue weighted by atomic mass is 9.88. The van der Waals surface area contributed by atoms with Crippen LogP contribution in [-0.4, -0.2) is 28.9 Å². The number of fused-ring (bicyclic) bond motifs is 2. The number of anilines is 1. The van der Waals surface area contributed by atoms with Crippen molar-refractivity contribution >= 4 is 45.2 Å². The molecule has 1 N–H and O–H groups in total. The molecule has 0 radical (unpaired) electrons. The van der Waals surface area contributed by atoms with Gasteiger partial charge in [0.2, 0.25) is 5.78 Å². The van der Waals surface area contributed by atoms with Gasteiger partial charge in [-0.1, -0.05) is 11.6 Å². The number of carbonyl (C=O) groups is 1. The number of hydrogen-bond donors (Lipinski definition) is 1. The number of aliphatic hydroxyl groups is 1. The Morgan fingerprint density at radius 3 is 2.88 bits per heavy atom. The predicted molar refractivity (Wildman–Crippen MR) is 98.3 cm³/mol. The smallest absolute Gasteiger partial charge is 0.205 e. The lowest BCUT2D eigenvalue weighted by molar-refractivity contribution is 0.0602. The molecule has 1 aromatic heterocycles. The van der Waals surface area contributed by atoms with Crippen molar-refractivity contribution in [3.05, 3.63) is 44.8 Å². The van der Waals surface area contributed by atoms with Crippen LogP contribution < -0.4 is 4.90 Å². The number of aliphatic imine (C=N–C) groups is 1. The fourth-order valence-corrected chi connectivity index (χ4v) is 4.60. The summed E-state index contributed by atoms with van der Waals surface area (Å²) in [4.78, 5) is 20.4. The Bertz CT molecular complexity index is 1000. The van der Waals surface area contributed by atoms with E-state index in [0.717, 1.165) is 10.4 Å². The molecule has 0 aliphatic carbocycles. The number of hydrogen-bond acceptors (Lipinski definition) is 6. The molecule has 2 aliphatic rings. The first kappa shape index (κ1) is 16.3. The third kappa shape index (κ3) is 2.17. The lowest BCUT2D eigenvalue weighted by Gasteiger charge is -2.29. The summed E-state index contributed by atoms with van der Waals surface area (Å²) >= 11 is 7.59. The number of benzene rings is 1. The number of aryl methyl sites for hydroxylation is 1.